The van der Waals surface area contributed by atoms with Crippen LogP contribution in [0.15, 0.2) is 24.5 Å². The fourth-order valence-electron chi connectivity index (χ4n) is 4.84. The summed E-state index contributed by atoms with van der Waals surface area (Å²) in [6.45, 7) is 6.85. The number of rotatable bonds is 5. The molecule has 5 rings (SSSR count). The van der Waals surface area contributed by atoms with Crippen molar-refractivity contribution in [2.75, 3.05) is 18.0 Å². The largest absolute Gasteiger partial charge is 0.357 e. The average molecular weight is 434 g/mol. The van der Waals surface area contributed by atoms with Crippen LogP contribution in [0.5, 0.6) is 0 Å². The van der Waals surface area contributed by atoms with Crippen molar-refractivity contribution in [1.82, 2.24) is 30.3 Å². The van der Waals surface area contributed by atoms with Gasteiger partial charge in [-0.25, -0.2) is 4.98 Å². The van der Waals surface area contributed by atoms with Gasteiger partial charge in [-0.3, -0.25) is 14.6 Å². The average Bonchev–Trinajstić information content (AvgIpc) is 3.44. The number of nitrogens with zero attached hydrogens (tertiary/aromatic N) is 5. The van der Waals surface area contributed by atoms with Crippen LogP contribution in [-0.2, 0) is 13.0 Å². The molecule has 0 saturated carbocycles. The predicted octanol–water partition coefficient (Wildman–Crippen LogP) is 3.46. The zero-order valence-electron chi connectivity index (χ0n) is 18.9. The van der Waals surface area contributed by atoms with E-state index in [0.29, 0.717) is 12.1 Å². The van der Waals surface area contributed by atoms with Gasteiger partial charge in [0.15, 0.2) is 0 Å². The van der Waals surface area contributed by atoms with Crippen LogP contribution in [-0.4, -0.2) is 44.0 Å². The van der Waals surface area contributed by atoms with Gasteiger partial charge < -0.3 is 10.2 Å². The van der Waals surface area contributed by atoms with Gasteiger partial charge in [0.05, 0.1) is 30.0 Å². The number of carbonyl (C=O) groups excluding carboxylic acids is 1. The Hall–Kier alpha value is -3.16. The van der Waals surface area contributed by atoms with E-state index >= 15 is 0 Å². The van der Waals surface area contributed by atoms with Crippen molar-refractivity contribution >= 4 is 11.7 Å². The normalized spacial score (nSPS) is 18.4. The van der Waals surface area contributed by atoms with E-state index in [1.165, 1.54) is 31.2 Å². The fourth-order valence-corrected chi connectivity index (χ4v) is 4.84. The number of aryl methyl sites for hydroxylation is 2. The van der Waals surface area contributed by atoms with Crippen molar-refractivity contribution in [3.63, 3.8) is 0 Å². The number of pyridine rings is 1. The highest BCUT2D eigenvalue weighted by molar-refractivity contribution is 5.94. The molecule has 0 unspecified atom stereocenters. The Labute approximate surface area is 188 Å². The lowest BCUT2D eigenvalue weighted by Crippen LogP contribution is -2.27. The number of carbonyl (C=O) groups is 1. The van der Waals surface area contributed by atoms with Gasteiger partial charge in [0.25, 0.3) is 5.91 Å². The molecule has 0 radical (unpaired) electrons. The van der Waals surface area contributed by atoms with Gasteiger partial charge in [-0.2, -0.15) is 10.2 Å². The number of H-pyrrole nitrogens is 1. The van der Waals surface area contributed by atoms with Crippen molar-refractivity contribution in [2.45, 2.75) is 65.0 Å². The van der Waals surface area contributed by atoms with Crippen LogP contribution in [0.25, 0.3) is 0 Å². The number of anilines is 1. The highest BCUT2D eigenvalue weighted by atomic mass is 16.1. The van der Waals surface area contributed by atoms with Gasteiger partial charge in [-0.15, -0.1) is 0 Å². The lowest BCUT2D eigenvalue weighted by atomic mass is 10.2. The monoisotopic (exact) mass is 433 g/mol. The topological polar surface area (TPSA) is 91.7 Å². The summed E-state index contributed by atoms with van der Waals surface area (Å²) in [5, 5.41) is 14.9. The summed E-state index contributed by atoms with van der Waals surface area (Å²) >= 11 is 0. The van der Waals surface area contributed by atoms with Crippen LogP contribution >= 0.6 is 0 Å². The summed E-state index contributed by atoms with van der Waals surface area (Å²) < 4.78 is 1.81. The summed E-state index contributed by atoms with van der Waals surface area (Å²) in [5.41, 5.74) is 5.99. The highest BCUT2D eigenvalue weighted by Crippen LogP contribution is 2.31. The molecule has 8 heteroatoms. The Morgan fingerprint density at radius 3 is 2.78 bits per heavy atom. The molecule has 168 valence electrons. The van der Waals surface area contributed by atoms with Gasteiger partial charge in [-0.05, 0) is 56.7 Å². The SMILES string of the molecule is Cc1nc(N2CCCCCC2)ccc1Cn1cc(C(=O)N[C@@H]2CCc3c2n[nH]c3C)cn1. The molecular weight excluding hydrogens is 402 g/mol. The number of nitrogens with one attached hydrogen (secondary N) is 2. The lowest BCUT2D eigenvalue weighted by molar-refractivity contribution is 0.0936. The number of amides is 1. The van der Waals surface area contributed by atoms with Gasteiger partial charge in [0.1, 0.15) is 5.82 Å². The molecular formula is C24H31N7O. The first-order valence-corrected chi connectivity index (χ1v) is 11.7. The van der Waals surface area contributed by atoms with Crippen LogP contribution in [0.4, 0.5) is 5.82 Å². The number of aromatic amines is 1. The van der Waals surface area contributed by atoms with E-state index in [1.54, 1.807) is 6.20 Å². The van der Waals surface area contributed by atoms with Crippen molar-refractivity contribution in [3.05, 3.63) is 58.3 Å². The van der Waals surface area contributed by atoms with Gasteiger partial charge >= 0.3 is 0 Å². The van der Waals surface area contributed by atoms with Crippen LogP contribution in [0, 0.1) is 13.8 Å². The van der Waals surface area contributed by atoms with Crippen LogP contribution in [0.1, 0.15) is 76.7 Å². The van der Waals surface area contributed by atoms with Gasteiger partial charge in [0, 0.05) is 30.7 Å². The minimum absolute atomic E-state index is 0.0382. The minimum atomic E-state index is -0.110. The number of fused-ring (bicyclic) bond motifs is 1. The molecule has 3 aromatic heterocycles. The smallest absolute Gasteiger partial charge is 0.255 e. The lowest BCUT2D eigenvalue weighted by Gasteiger charge is -2.22. The van der Waals surface area contributed by atoms with Crippen molar-refractivity contribution in [1.29, 1.82) is 0 Å². The van der Waals surface area contributed by atoms with Gasteiger partial charge in [-0.1, -0.05) is 18.9 Å². The van der Waals surface area contributed by atoms with Crippen molar-refractivity contribution < 1.29 is 4.79 Å². The highest BCUT2D eigenvalue weighted by Gasteiger charge is 2.28. The molecule has 0 aromatic carbocycles. The van der Waals surface area contributed by atoms with E-state index in [-0.39, 0.29) is 11.9 Å². The molecule has 2 N–H and O–H groups in total. The maximum Gasteiger partial charge on any atom is 0.255 e. The third-order valence-corrected chi connectivity index (χ3v) is 6.76. The van der Waals surface area contributed by atoms with E-state index in [0.717, 1.165) is 54.4 Å². The second-order valence-electron chi connectivity index (χ2n) is 9.02. The Morgan fingerprint density at radius 1 is 1.19 bits per heavy atom. The van der Waals surface area contributed by atoms with E-state index in [2.05, 4.69) is 44.6 Å². The summed E-state index contributed by atoms with van der Waals surface area (Å²) in [6.07, 6.45) is 10.4. The number of hydrogen-bond acceptors (Lipinski definition) is 5. The van der Waals surface area contributed by atoms with Crippen molar-refractivity contribution in [2.24, 2.45) is 0 Å². The minimum Gasteiger partial charge on any atom is -0.357 e. The molecule has 32 heavy (non-hydrogen) atoms. The van der Waals surface area contributed by atoms with Crippen molar-refractivity contribution in [3.8, 4) is 0 Å². The molecule has 1 aliphatic heterocycles. The van der Waals surface area contributed by atoms with E-state index in [9.17, 15) is 4.79 Å². The summed E-state index contributed by atoms with van der Waals surface area (Å²) in [7, 11) is 0. The standard InChI is InChI=1S/C24H31N7O/c1-16-18(7-10-22(26-16)30-11-5-3-4-6-12-30)14-31-15-19(13-25-31)24(32)27-21-9-8-20-17(2)28-29-23(20)21/h7,10,13,15,21H,3-6,8-9,11-12,14H2,1-2H3,(H,27,32)(H,28,29)/t21-/m1/s1. The Balaban J connectivity index is 1.23. The third kappa shape index (κ3) is 4.13. The molecule has 8 nitrogen and oxygen atoms in total. The Bertz CT molecular complexity index is 1110. The van der Waals surface area contributed by atoms with E-state index < -0.39 is 0 Å². The van der Waals surface area contributed by atoms with Crippen LogP contribution < -0.4 is 10.2 Å². The number of aromatic nitrogens is 5. The second kappa shape index (κ2) is 8.76. The Kier molecular flexibility index (Phi) is 5.68. The predicted molar refractivity (Wildman–Crippen MR) is 123 cm³/mol. The Morgan fingerprint density at radius 2 is 2.00 bits per heavy atom. The quantitative estimate of drug-likeness (QED) is 0.643. The molecule has 0 spiro atoms. The first-order valence-electron chi connectivity index (χ1n) is 11.7. The molecule has 1 aliphatic carbocycles. The molecule has 3 aromatic rings. The zero-order chi connectivity index (χ0) is 22.1. The van der Waals surface area contributed by atoms with Crippen LogP contribution in [0.2, 0.25) is 0 Å². The second-order valence-corrected chi connectivity index (χ2v) is 9.02. The molecule has 2 aliphatic rings. The van der Waals surface area contributed by atoms with E-state index in [1.807, 2.05) is 17.8 Å². The molecule has 1 saturated heterocycles. The van der Waals surface area contributed by atoms with Gasteiger partial charge in [0.2, 0.25) is 0 Å². The molecule has 1 fully saturated rings. The zero-order valence-corrected chi connectivity index (χ0v) is 18.9. The molecule has 0 bridgehead atoms. The molecule has 1 amide bonds. The summed E-state index contributed by atoms with van der Waals surface area (Å²) in [5.74, 6) is 0.958. The fraction of sp³-hybridized carbons (Fsp3) is 0.500. The first-order chi connectivity index (χ1) is 15.6. The summed E-state index contributed by atoms with van der Waals surface area (Å²) in [4.78, 5) is 20.0. The summed E-state index contributed by atoms with van der Waals surface area (Å²) in [6, 6.07) is 4.22. The van der Waals surface area contributed by atoms with Crippen LogP contribution in [0.3, 0.4) is 0 Å². The maximum absolute atomic E-state index is 12.8. The molecule has 4 heterocycles. The molecule has 1 atom stereocenters. The number of hydrogen-bond donors (Lipinski definition) is 2. The third-order valence-electron chi connectivity index (χ3n) is 6.76. The van der Waals surface area contributed by atoms with E-state index in [4.69, 9.17) is 4.98 Å². The maximum atomic E-state index is 12.8. The first kappa shape index (κ1) is 20.7.